The fraction of sp³-hybridized carbons (Fsp3) is 0.200. The van der Waals surface area contributed by atoms with Gasteiger partial charge >= 0.3 is 11.9 Å². The molecular formula is C20H19N7O5. The standard InChI is InChI=1S/C20H19N7O5/c1-26-19-13(10-22-26)17(24-18(25-19)15-7-8-16(32-15)27(29)30)23-14(20(28)31-2)9-11-3-5-12(21)6-4-11/h3-8,10,14H,9,21H2,1-2H3,(H,23,24,25)/t14-/m1/s1. The Morgan fingerprint density at radius 1 is 1.28 bits per heavy atom. The molecule has 4 aromatic rings. The van der Waals surface area contributed by atoms with Crippen LogP contribution in [0.25, 0.3) is 22.6 Å². The first-order valence-electron chi connectivity index (χ1n) is 9.49. The highest BCUT2D eigenvalue weighted by atomic mass is 16.6. The lowest BCUT2D eigenvalue weighted by atomic mass is 10.1. The number of carbonyl (C=O) groups is 1. The van der Waals surface area contributed by atoms with Crippen LogP contribution in [-0.4, -0.2) is 43.8 Å². The number of methoxy groups -OCH3 is 1. The number of nitrogens with zero attached hydrogens (tertiary/aromatic N) is 5. The van der Waals surface area contributed by atoms with Crippen LogP contribution in [0.15, 0.2) is 47.0 Å². The Bertz CT molecular complexity index is 1300. The summed E-state index contributed by atoms with van der Waals surface area (Å²) < 4.78 is 11.7. The van der Waals surface area contributed by atoms with Crippen LogP contribution in [0.3, 0.4) is 0 Å². The van der Waals surface area contributed by atoms with Crippen LogP contribution in [0.2, 0.25) is 0 Å². The molecule has 0 unspecified atom stereocenters. The van der Waals surface area contributed by atoms with E-state index in [9.17, 15) is 14.9 Å². The second-order valence-corrected chi connectivity index (χ2v) is 6.96. The van der Waals surface area contributed by atoms with E-state index in [1.165, 1.54) is 23.9 Å². The van der Waals surface area contributed by atoms with Crippen LogP contribution in [0, 0.1) is 10.1 Å². The number of nitrogens with one attached hydrogen (secondary N) is 1. The third kappa shape index (κ3) is 4.05. The molecule has 32 heavy (non-hydrogen) atoms. The number of aromatic nitrogens is 4. The summed E-state index contributed by atoms with van der Waals surface area (Å²) in [5.41, 5.74) is 7.66. The average Bonchev–Trinajstić information content (AvgIpc) is 3.42. The molecule has 0 radical (unpaired) electrons. The molecule has 0 aliphatic rings. The number of nitro groups is 1. The summed E-state index contributed by atoms with van der Waals surface area (Å²) in [5.74, 6) is -0.404. The minimum atomic E-state index is -0.777. The molecule has 3 heterocycles. The van der Waals surface area contributed by atoms with Crippen molar-refractivity contribution in [1.29, 1.82) is 0 Å². The van der Waals surface area contributed by atoms with Crippen molar-refractivity contribution >= 4 is 34.4 Å². The number of benzene rings is 1. The van der Waals surface area contributed by atoms with Gasteiger partial charge in [-0.3, -0.25) is 14.8 Å². The zero-order valence-corrected chi connectivity index (χ0v) is 17.2. The highest BCUT2D eigenvalue weighted by molar-refractivity contribution is 5.90. The molecule has 0 fully saturated rings. The van der Waals surface area contributed by atoms with Crippen molar-refractivity contribution in [3.8, 4) is 11.6 Å². The number of rotatable bonds is 7. The zero-order chi connectivity index (χ0) is 22.8. The van der Waals surface area contributed by atoms with Gasteiger partial charge in [0.05, 0.1) is 24.8 Å². The molecule has 3 N–H and O–H groups in total. The van der Waals surface area contributed by atoms with Crippen molar-refractivity contribution in [1.82, 2.24) is 19.7 Å². The molecule has 3 aromatic heterocycles. The van der Waals surface area contributed by atoms with Crippen LogP contribution in [-0.2, 0) is 23.0 Å². The molecule has 0 bridgehead atoms. The largest absolute Gasteiger partial charge is 0.467 e. The SMILES string of the molecule is COC(=O)[C@@H](Cc1ccc(N)cc1)Nc1nc(-c2ccc([N+](=O)[O-])o2)nc2c1cnn2C. The maximum Gasteiger partial charge on any atom is 0.433 e. The number of hydrogen-bond acceptors (Lipinski definition) is 10. The monoisotopic (exact) mass is 437 g/mol. The lowest BCUT2D eigenvalue weighted by Crippen LogP contribution is -2.33. The van der Waals surface area contributed by atoms with Crippen LogP contribution in [0.5, 0.6) is 0 Å². The molecule has 12 nitrogen and oxygen atoms in total. The number of ether oxygens (including phenoxy) is 1. The average molecular weight is 437 g/mol. The molecule has 0 saturated carbocycles. The highest BCUT2D eigenvalue weighted by Crippen LogP contribution is 2.28. The quantitative estimate of drug-likeness (QED) is 0.190. The van der Waals surface area contributed by atoms with E-state index < -0.39 is 22.8 Å². The third-order valence-corrected chi connectivity index (χ3v) is 4.80. The molecule has 0 aliphatic carbocycles. The second-order valence-electron chi connectivity index (χ2n) is 6.96. The topological polar surface area (TPSA) is 164 Å². The van der Waals surface area contributed by atoms with E-state index in [0.717, 1.165) is 5.56 Å². The fourth-order valence-corrected chi connectivity index (χ4v) is 3.18. The van der Waals surface area contributed by atoms with Gasteiger partial charge in [0.1, 0.15) is 16.8 Å². The number of esters is 1. The maximum absolute atomic E-state index is 12.5. The van der Waals surface area contributed by atoms with Crippen molar-refractivity contribution in [3.63, 3.8) is 0 Å². The molecule has 1 aromatic carbocycles. The number of carbonyl (C=O) groups excluding carboxylic acids is 1. The van der Waals surface area contributed by atoms with Gasteiger partial charge in [-0.15, -0.1) is 0 Å². The second kappa shape index (κ2) is 8.34. The van der Waals surface area contributed by atoms with E-state index in [1.807, 2.05) is 12.1 Å². The van der Waals surface area contributed by atoms with Crippen LogP contribution in [0.1, 0.15) is 5.56 Å². The van der Waals surface area contributed by atoms with Crippen LogP contribution < -0.4 is 11.1 Å². The third-order valence-electron chi connectivity index (χ3n) is 4.80. The zero-order valence-electron chi connectivity index (χ0n) is 17.2. The Morgan fingerprint density at radius 2 is 2.03 bits per heavy atom. The Kier molecular flexibility index (Phi) is 5.41. The molecule has 0 spiro atoms. The van der Waals surface area contributed by atoms with Gasteiger partial charge in [-0.25, -0.2) is 14.8 Å². The molecule has 164 valence electrons. The number of nitrogens with two attached hydrogens (primary N) is 1. The molecule has 1 atom stereocenters. The first-order valence-corrected chi connectivity index (χ1v) is 9.49. The Morgan fingerprint density at radius 3 is 2.69 bits per heavy atom. The van der Waals surface area contributed by atoms with Gasteiger partial charge in [0, 0.05) is 19.2 Å². The van der Waals surface area contributed by atoms with E-state index in [1.54, 1.807) is 25.4 Å². The van der Waals surface area contributed by atoms with Gasteiger partial charge in [-0.05, 0) is 23.8 Å². The Balaban J connectivity index is 1.74. The predicted molar refractivity (Wildman–Crippen MR) is 115 cm³/mol. The summed E-state index contributed by atoms with van der Waals surface area (Å²) >= 11 is 0. The van der Waals surface area contributed by atoms with Gasteiger partial charge in [-0.1, -0.05) is 12.1 Å². The van der Waals surface area contributed by atoms with Crippen molar-refractivity contribution in [2.45, 2.75) is 12.5 Å². The normalized spacial score (nSPS) is 11.9. The number of furan rings is 1. The highest BCUT2D eigenvalue weighted by Gasteiger charge is 2.24. The van der Waals surface area contributed by atoms with E-state index in [0.29, 0.717) is 29.0 Å². The minimum absolute atomic E-state index is 0.104. The Labute approximate surface area is 181 Å². The van der Waals surface area contributed by atoms with Gasteiger partial charge in [0.15, 0.2) is 17.2 Å². The van der Waals surface area contributed by atoms with E-state index in [2.05, 4.69) is 20.4 Å². The number of fused-ring (bicyclic) bond motifs is 1. The Hall–Kier alpha value is -4.48. The van der Waals surface area contributed by atoms with E-state index in [-0.39, 0.29) is 11.6 Å². The number of anilines is 2. The van der Waals surface area contributed by atoms with Gasteiger partial charge < -0.3 is 20.2 Å². The van der Waals surface area contributed by atoms with E-state index in [4.69, 9.17) is 14.9 Å². The molecule has 0 aliphatic heterocycles. The lowest BCUT2D eigenvalue weighted by molar-refractivity contribution is -0.401. The van der Waals surface area contributed by atoms with Gasteiger partial charge in [0.2, 0.25) is 0 Å². The summed E-state index contributed by atoms with van der Waals surface area (Å²) in [4.78, 5) is 31.7. The fourth-order valence-electron chi connectivity index (χ4n) is 3.18. The lowest BCUT2D eigenvalue weighted by Gasteiger charge is -2.18. The molecular weight excluding hydrogens is 418 g/mol. The summed E-state index contributed by atoms with van der Waals surface area (Å²) in [5, 5.41) is 18.8. The summed E-state index contributed by atoms with van der Waals surface area (Å²) in [6.07, 6.45) is 1.86. The maximum atomic E-state index is 12.5. The van der Waals surface area contributed by atoms with Crippen molar-refractivity contribution < 1.29 is 18.9 Å². The number of nitrogen functional groups attached to an aromatic ring is 1. The van der Waals surface area contributed by atoms with Crippen LogP contribution >= 0.6 is 0 Å². The van der Waals surface area contributed by atoms with E-state index >= 15 is 0 Å². The molecule has 12 heteroatoms. The number of aryl methyl sites for hydroxylation is 1. The molecule has 0 amide bonds. The van der Waals surface area contributed by atoms with Crippen molar-refractivity contribution in [3.05, 3.63) is 58.3 Å². The molecule has 0 saturated heterocycles. The smallest absolute Gasteiger partial charge is 0.433 e. The first kappa shape index (κ1) is 20.8. The van der Waals surface area contributed by atoms with Crippen molar-refractivity contribution in [2.24, 2.45) is 7.05 Å². The summed E-state index contributed by atoms with van der Waals surface area (Å²) in [6.45, 7) is 0. The number of hydrogen-bond donors (Lipinski definition) is 2. The van der Waals surface area contributed by atoms with Crippen molar-refractivity contribution in [2.75, 3.05) is 18.2 Å². The summed E-state index contributed by atoms with van der Waals surface area (Å²) in [6, 6.07) is 8.98. The van der Waals surface area contributed by atoms with Crippen LogP contribution in [0.4, 0.5) is 17.4 Å². The van der Waals surface area contributed by atoms with Gasteiger partial charge in [-0.2, -0.15) is 5.10 Å². The predicted octanol–water partition coefficient (Wildman–Crippen LogP) is 2.31. The molecule has 4 rings (SSSR count). The summed E-state index contributed by atoms with van der Waals surface area (Å²) in [7, 11) is 2.99. The first-order chi connectivity index (χ1) is 15.4. The minimum Gasteiger partial charge on any atom is -0.467 e. The van der Waals surface area contributed by atoms with Gasteiger partial charge in [0.25, 0.3) is 0 Å².